The van der Waals surface area contributed by atoms with E-state index in [-0.39, 0.29) is 6.03 Å². The van der Waals surface area contributed by atoms with Crippen molar-refractivity contribution < 1.29 is 9.90 Å². The summed E-state index contributed by atoms with van der Waals surface area (Å²) in [6.07, 6.45) is 2.32. The van der Waals surface area contributed by atoms with Gasteiger partial charge < -0.3 is 15.3 Å². The maximum atomic E-state index is 12.3. The molecule has 6 heteroatoms. The summed E-state index contributed by atoms with van der Waals surface area (Å²) in [5.41, 5.74) is 1.01. The summed E-state index contributed by atoms with van der Waals surface area (Å²) in [6.45, 7) is 3.45. The number of aliphatic hydroxyl groups is 1. The van der Waals surface area contributed by atoms with E-state index in [9.17, 15) is 9.90 Å². The van der Waals surface area contributed by atoms with Crippen molar-refractivity contribution >= 4 is 17.8 Å². The fourth-order valence-electron chi connectivity index (χ4n) is 3.14. The predicted molar refractivity (Wildman–Crippen MR) is 99.6 cm³/mol. The van der Waals surface area contributed by atoms with Gasteiger partial charge in [0.05, 0.1) is 11.6 Å². The van der Waals surface area contributed by atoms with Crippen LogP contribution in [0.1, 0.15) is 17.5 Å². The number of aromatic nitrogens is 1. The van der Waals surface area contributed by atoms with Gasteiger partial charge in [-0.05, 0) is 36.6 Å². The third-order valence-electron chi connectivity index (χ3n) is 4.45. The number of nitrogens with one attached hydrogen (secondary N) is 1. The monoisotopic (exact) mass is 357 g/mol. The number of likely N-dealkylation sites (tertiary alicyclic amines) is 1. The van der Waals surface area contributed by atoms with Gasteiger partial charge in [0.25, 0.3) is 0 Å². The molecule has 2 heterocycles. The molecule has 1 saturated heterocycles. The molecule has 3 rings (SSSR count). The van der Waals surface area contributed by atoms with Crippen molar-refractivity contribution in [2.24, 2.45) is 0 Å². The van der Waals surface area contributed by atoms with Crippen LogP contribution in [0.4, 0.5) is 4.79 Å². The highest BCUT2D eigenvalue weighted by Gasteiger charge is 2.40. The number of hydrogen-bond acceptors (Lipinski definition) is 4. The van der Waals surface area contributed by atoms with Crippen LogP contribution < -0.4 is 5.32 Å². The molecular weight excluding hydrogens is 334 g/mol. The molecule has 0 radical (unpaired) electrons. The molecule has 1 fully saturated rings. The van der Waals surface area contributed by atoms with Crippen molar-refractivity contribution in [3.05, 3.63) is 59.8 Å². The topological polar surface area (TPSA) is 65.5 Å². The van der Waals surface area contributed by atoms with Crippen LogP contribution in [-0.4, -0.2) is 46.4 Å². The van der Waals surface area contributed by atoms with Gasteiger partial charge in [-0.1, -0.05) is 30.3 Å². The fraction of sp³-hybridized carbons (Fsp3) is 0.368. The molecule has 25 heavy (non-hydrogen) atoms. The number of urea groups is 1. The number of nitrogens with zero attached hydrogens (tertiary/aromatic N) is 2. The number of pyridine rings is 1. The van der Waals surface area contributed by atoms with E-state index in [0.717, 1.165) is 21.9 Å². The van der Waals surface area contributed by atoms with Gasteiger partial charge in [0.2, 0.25) is 0 Å². The van der Waals surface area contributed by atoms with E-state index in [2.05, 4.69) is 10.3 Å². The Morgan fingerprint density at radius 2 is 2.12 bits per heavy atom. The molecule has 0 saturated carbocycles. The number of carbonyl (C=O) groups is 1. The van der Waals surface area contributed by atoms with Crippen molar-refractivity contribution in [1.82, 2.24) is 15.2 Å². The van der Waals surface area contributed by atoms with Gasteiger partial charge in [0, 0.05) is 25.0 Å². The molecule has 2 amide bonds. The molecule has 1 atom stereocenters. The van der Waals surface area contributed by atoms with Gasteiger partial charge in [-0.2, -0.15) is 0 Å². The van der Waals surface area contributed by atoms with Crippen LogP contribution in [0, 0.1) is 6.92 Å². The van der Waals surface area contributed by atoms with E-state index >= 15 is 0 Å². The lowest BCUT2D eigenvalue weighted by atomic mass is 9.89. The number of benzene rings is 1. The van der Waals surface area contributed by atoms with Crippen molar-refractivity contribution in [1.29, 1.82) is 0 Å². The number of carbonyl (C=O) groups excluding carboxylic acids is 1. The van der Waals surface area contributed by atoms with Gasteiger partial charge >= 0.3 is 6.03 Å². The smallest absolute Gasteiger partial charge is 0.317 e. The number of rotatable bonds is 5. The summed E-state index contributed by atoms with van der Waals surface area (Å²) in [6, 6.07) is 13.5. The Bertz CT molecular complexity index is 726. The molecule has 1 aliphatic heterocycles. The number of aryl methyl sites for hydroxylation is 1. The van der Waals surface area contributed by atoms with Gasteiger partial charge in [-0.15, -0.1) is 11.8 Å². The van der Waals surface area contributed by atoms with Crippen LogP contribution in [0.3, 0.4) is 0 Å². The number of hydrogen-bond donors (Lipinski definition) is 2. The average molecular weight is 357 g/mol. The second-order valence-electron chi connectivity index (χ2n) is 6.27. The second kappa shape index (κ2) is 7.89. The van der Waals surface area contributed by atoms with Gasteiger partial charge in [-0.25, -0.2) is 9.78 Å². The quantitative estimate of drug-likeness (QED) is 0.638. The first-order valence-corrected chi connectivity index (χ1v) is 9.42. The van der Waals surface area contributed by atoms with Crippen LogP contribution >= 0.6 is 11.8 Å². The van der Waals surface area contributed by atoms with Crippen molar-refractivity contribution in [2.75, 3.05) is 25.4 Å². The molecular formula is C19H23N3O2S. The van der Waals surface area contributed by atoms with Crippen molar-refractivity contribution in [2.45, 2.75) is 24.0 Å². The first-order valence-electron chi connectivity index (χ1n) is 8.44. The Hall–Kier alpha value is -2.05. The van der Waals surface area contributed by atoms with E-state index in [1.54, 1.807) is 22.9 Å². The SMILES string of the molecule is Cc1ccccc1[C@@]1(O)CCN(C(=O)NCCSc2ccccn2)C1. The van der Waals surface area contributed by atoms with Gasteiger partial charge in [0.15, 0.2) is 0 Å². The van der Waals surface area contributed by atoms with Crippen molar-refractivity contribution in [3.63, 3.8) is 0 Å². The Morgan fingerprint density at radius 3 is 2.88 bits per heavy atom. The predicted octanol–water partition coefficient (Wildman–Crippen LogP) is 2.79. The molecule has 1 aliphatic rings. The minimum atomic E-state index is -0.953. The van der Waals surface area contributed by atoms with E-state index in [1.165, 1.54) is 0 Å². The minimum absolute atomic E-state index is 0.119. The third-order valence-corrected chi connectivity index (χ3v) is 5.39. The summed E-state index contributed by atoms with van der Waals surface area (Å²) < 4.78 is 0. The van der Waals surface area contributed by atoms with E-state index in [4.69, 9.17) is 0 Å². The Morgan fingerprint density at radius 1 is 1.32 bits per heavy atom. The highest BCUT2D eigenvalue weighted by molar-refractivity contribution is 7.99. The number of β-amino-alcohol motifs (C(OH)–C–C–N with tert-alkyl or cyclic N) is 1. The fourth-order valence-corrected chi connectivity index (χ4v) is 3.86. The van der Waals surface area contributed by atoms with Gasteiger partial charge in [0.1, 0.15) is 5.60 Å². The first kappa shape index (κ1) is 17.8. The molecule has 132 valence electrons. The zero-order chi connectivity index (χ0) is 17.7. The number of amides is 2. The average Bonchev–Trinajstić information content (AvgIpc) is 3.03. The summed E-state index contributed by atoms with van der Waals surface area (Å²) in [5, 5.41) is 14.8. The maximum Gasteiger partial charge on any atom is 0.317 e. The van der Waals surface area contributed by atoms with Crippen LogP contribution in [0.5, 0.6) is 0 Å². The molecule has 0 spiro atoms. The lowest BCUT2D eigenvalue weighted by molar-refractivity contribution is 0.0488. The van der Waals surface area contributed by atoms with Crippen LogP contribution in [0.15, 0.2) is 53.7 Å². The van der Waals surface area contributed by atoms with E-state index in [0.29, 0.717) is 26.1 Å². The van der Waals surface area contributed by atoms with E-state index in [1.807, 2.05) is 49.4 Å². The molecule has 0 aliphatic carbocycles. The molecule has 2 aromatic rings. The normalized spacial score (nSPS) is 19.8. The molecule has 0 bridgehead atoms. The van der Waals surface area contributed by atoms with Crippen LogP contribution in [0.2, 0.25) is 0 Å². The largest absolute Gasteiger partial charge is 0.383 e. The summed E-state index contributed by atoms with van der Waals surface area (Å²) in [7, 11) is 0. The summed E-state index contributed by atoms with van der Waals surface area (Å²) in [5.74, 6) is 0.763. The zero-order valence-electron chi connectivity index (χ0n) is 14.3. The van der Waals surface area contributed by atoms with Gasteiger partial charge in [-0.3, -0.25) is 0 Å². The maximum absolute atomic E-state index is 12.3. The minimum Gasteiger partial charge on any atom is -0.383 e. The van der Waals surface area contributed by atoms with E-state index < -0.39 is 5.60 Å². The van der Waals surface area contributed by atoms with Crippen LogP contribution in [-0.2, 0) is 5.60 Å². The summed E-state index contributed by atoms with van der Waals surface area (Å²) in [4.78, 5) is 18.3. The zero-order valence-corrected chi connectivity index (χ0v) is 15.1. The third kappa shape index (κ3) is 4.32. The summed E-state index contributed by atoms with van der Waals surface area (Å²) >= 11 is 1.61. The van der Waals surface area contributed by atoms with Crippen molar-refractivity contribution in [3.8, 4) is 0 Å². The Balaban J connectivity index is 1.48. The lowest BCUT2D eigenvalue weighted by Gasteiger charge is -2.25. The first-order chi connectivity index (χ1) is 12.1. The highest BCUT2D eigenvalue weighted by Crippen LogP contribution is 2.33. The lowest BCUT2D eigenvalue weighted by Crippen LogP contribution is -2.41. The standard InChI is InChI=1S/C19H23N3O2S/c1-15-6-2-3-7-16(15)19(24)9-12-22(14-19)18(23)21-11-13-25-17-8-4-5-10-20-17/h2-8,10,24H,9,11-14H2,1H3,(H,21,23)/t19-/m1/s1. The van der Waals surface area contributed by atoms with Crippen LogP contribution in [0.25, 0.3) is 0 Å². The number of thioether (sulfide) groups is 1. The Labute approximate surface area is 152 Å². The second-order valence-corrected chi connectivity index (χ2v) is 7.38. The highest BCUT2D eigenvalue weighted by atomic mass is 32.2. The molecule has 1 aromatic carbocycles. The Kier molecular flexibility index (Phi) is 5.60. The molecule has 1 aromatic heterocycles. The molecule has 5 nitrogen and oxygen atoms in total. The molecule has 2 N–H and O–H groups in total. The molecule has 0 unspecified atom stereocenters.